The monoisotopic (exact) mass is 127 g/mol. The molecule has 0 N–H and O–H groups in total. The Labute approximate surface area is 52.1 Å². The van der Waals surface area contributed by atoms with Crippen molar-refractivity contribution in [3.05, 3.63) is 16.8 Å². The minimum Gasteiger partial charge on any atom is -0.262 e. The minimum atomic E-state index is -0.815. The molecule has 1 aliphatic heterocycles. The van der Waals surface area contributed by atoms with Gasteiger partial charge in [-0.2, -0.15) is 0 Å². The summed E-state index contributed by atoms with van der Waals surface area (Å²) in [6.07, 6.45) is 0.421. The molecule has 1 aliphatic rings. The van der Waals surface area contributed by atoms with E-state index in [2.05, 4.69) is 11.7 Å². The number of nitro groups is 1. The van der Waals surface area contributed by atoms with Gasteiger partial charge in [-0.3, -0.25) is 15.1 Å². The highest BCUT2D eigenvalue weighted by Crippen LogP contribution is 2.04. The van der Waals surface area contributed by atoms with Crippen LogP contribution in [0.3, 0.4) is 0 Å². The fraction of sp³-hybridized carbons (Fsp3) is 0.500. The summed E-state index contributed by atoms with van der Waals surface area (Å²) >= 11 is 0. The number of nitrogens with zero attached hydrogens (tertiary/aromatic N) is 3. The normalized spacial score (nSPS) is 27.0. The van der Waals surface area contributed by atoms with Crippen molar-refractivity contribution in [1.29, 1.82) is 0 Å². The molecule has 0 saturated carbocycles. The molecule has 1 unspecified atom stereocenters. The SMILES string of the molecule is CN1[C]N=CC1[N+](=O)[O-]. The van der Waals surface area contributed by atoms with Gasteiger partial charge in [-0.1, -0.05) is 0 Å². The summed E-state index contributed by atoms with van der Waals surface area (Å²) < 4.78 is 0. The maximum absolute atomic E-state index is 10.0. The fourth-order valence-corrected chi connectivity index (χ4v) is 0.546. The third-order valence-electron chi connectivity index (χ3n) is 1.04. The van der Waals surface area contributed by atoms with Gasteiger partial charge in [-0.15, -0.1) is 0 Å². The number of rotatable bonds is 1. The molecule has 1 atom stereocenters. The van der Waals surface area contributed by atoms with E-state index in [1.54, 1.807) is 7.05 Å². The first-order chi connectivity index (χ1) is 4.22. The second-order valence-corrected chi connectivity index (χ2v) is 1.69. The molecule has 9 heavy (non-hydrogen) atoms. The highest BCUT2D eigenvalue weighted by atomic mass is 16.6. The molecular weight excluding hydrogens is 122 g/mol. The van der Waals surface area contributed by atoms with Crippen LogP contribution in [0.15, 0.2) is 4.99 Å². The molecule has 1 rings (SSSR count). The van der Waals surface area contributed by atoms with Crippen LogP contribution in [0.2, 0.25) is 0 Å². The standard InChI is InChI=1S/C4H5N3O2/c1-6-3-5-2-4(6)7(8)9/h2,4H,1H3. The van der Waals surface area contributed by atoms with Crippen LogP contribution in [-0.2, 0) is 0 Å². The van der Waals surface area contributed by atoms with Gasteiger partial charge in [0.25, 0.3) is 0 Å². The first-order valence-corrected chi connectivity index (χ1v) is 2.37. The van der Waals surface area contributed by atoms with Crippen molar-refractivity contribution in [1.82, 2.24) is 4.90 Å². The Hall–Kier alpha value is -0.970. The van der Waals surface area contributed by atoms with E-state index >= 15 is 0 Å². The summed E-state index contributed by atoms with van der Waals surface area (Å²) in [4.78, 5) is 14.4. The zero-order chi connectivity index (χ0) is 6.85. The summed E-state index contributed by atoms with van der Waals surface area (Å²) in [5, 5.41) is 10.0. The average Bonchev–Trinajstić information content (AvgIpc) is 2.13. The van der Waals surface area contributed by atoms with E-state index in [1.165, 1.54) is 11.1 Å². The Bertz CT molecular complexity index is 156. The molecule has 5 heteroatoms. The van der Waals surface area contributed by atoms with Crippen molar-refractivity contribution < 1.29 is 4.92 Å². The molecule has 0 fully saturated rings. The van der Waals surface area contributed by atoms with Crippen LogP contribution in [0.25, 0.3) is 0 Å². The molecular formula is C4H5N3O2. The fourth-order valence-electron chi connectivity index (χ4n) is 0.546. The Morgan fingerprint density at radius 1 is 2.00 bits per heavy atom. The first-order valence-electron chi connectivity index (χ1n) is 2.37. The third kappa shape index (κ3) is 1.05. The van der Waals surface area contributed by atoms with Crippen molar-refractivity contribution in [2.24, 2.45) is 4.99 Å². The van der Waals surface area contributed by atoms with Gasteiger partial charge in [0, 0.05) is 4.92 Å². The van der Waals surface area contributed by atoms with Crippen LogP contribution in [0.1, 0.15) is 0 Å². The van der Waals surface area contributed by atoms with Gasteiger partial charge in [-0.25, -0.2) is 4.90 Å². The molecule has 1 heterocycles. The summed E-state index contributed by atoms with van der Waals surface area (Å²) in [5.41, 5.74) is 0. The lowest BCUT2D eigenvalue weighted by atomic mass is 10.5. The van der Waals surface area contributed by atoms with Gasteiger partial charge in [0.1, 0.15) is 0 Å². The van der Waals surface area contributed by atoms with E-state index in [0.29, 0.717) is 0 Å². The zero-order valence-corrected chi connectivity index (χ0v) is 4.81. The molecule has 0 aliphatic carbocycles. The summed E-state index contributed by atoms with van der Waals surface area (Å²) in [5.74, 6) is 0. The molecule has 0 bridgehead atoms. The molecule has 0 saturated heterocycles. The predicted octanol–water partition coefficient (Wildman–Crippen LogP) is -0.398. The quantitative estimate of drug-likeness (QED) is 0.355. The van der Waals surface area contributed by atoms with E-state index in [-0.39, 0.29) is 0 Å². The van der Waals surface area contributed by atoms with E-state index in [0.717, 1.165) is 0 Å². The second kappa shape index (κ2) is 2.10. The topological polar surface area (TPSA) is 58.7 Å². The van der Waals surface area contributed by atoms with Gasteiger partial charge >= 0.3 is 6.17 Å². The van der Waals surface area contributed by atoms with Gasteiger partial charge in [-0.05, 0) is 7.05 Å². The van der Waals surface area contributed by atoms with Crippen molar-refractivity contribution in [3.8, 4) is 0 Å². The number of hydrogen-bond donors (Lipinski definition) is 0. The number of aliphatic imine (C=N–C) groups is 1. The Kier molecular flexibility index (Phi) is 1.44. The molecule has 0 aromatic rings. The molecule has 48 valence electrons. The van der Waals surface area contributed by atoms with Crippen LogP contribution in [0, 0.1) is 16.8 Å². The van der Waals surface area contributed by atoms with Gasteiger partial charge < -0.3 is 0 Å². The Morgan fingerprint density at radius 3 is 2.89 bits per heavy atom. The lowest BCUT2D eigenvalue weighted by molar-refractivity contribution is -0.522. The molecule has 0 aromatic carbocycles. The van der Waals surface area contributed by atoms with Crippen molar-refractivity contribution in [2.45, 2.75) is 6.17 Å². The van der Waals surface area contributed by atoms with Crippen LogP contribution < -0.4 is 0 Å². The van der Waals surface area contributed by atoms with E-state index < -0.39 is 11.1 Å². The lowest BCUT2D eigenvalue weighted by Crippen LogP contribution is -2.33. The molecule has 2 radical (unpaired) electrons. The average molecular weight is 127 g/mol. The molecule has 5 nitrogen and oxygen atoms in total. The van der Waals surface area contributed by atoms with Crippen molar-refractivity contribution >= 4 is 6.21 Å². The Morgan fingerprint density at radius 2 is 2.67 bits per heavy atom. The van der Waals surface area contributed by atoms with Crippen LogP contribution >= 0.6 is 0 Å². The largest absolute Gasteiger partial charge is 0.305 e. The molecule has 0 amide bonds. The summed E-state index contributed by atoms with van der Waals surface area (Å²) in [6, 6.07) is 0. The van der Waals surface area contributed by atoms with E-state index in [4.69, 9.17) is 0 Å². The van der Waals surface area contributed by atoms with E-state index in [9.17, 15) is 10.1 Å². The Balaban J connectivity index is 2.59. The smallest absolute Gasteiger partial charge is 0.262 e. The highest BCUT2D eigenvalue weighted by molar-refractivity contribution is 5.64. The van der Waals surface area contributed by atoms with Gasteiger partial charge in [0.2, 0.25) is 6.67 Å². The second-order valence-electron chi connectivity index (χ2n) is 1.69. The van der Waals surface area contributed by atoms with Gasteiger partial charge in [0.05, 0.1) is 6.21 Å². The van der Waals surface area contributed by atoms with Gasteiger partial charge in [0.15, 0.2) is 0 Å². The van der Waals surface area contributed by atoms with Crippen LogP contribution in [0.4, 0.5) is 0 Å². The van der Waals surface area contributed by atoms with Crippen LogP contribution in [-0.4, -0.2) is 29.3 Å². The molecule has 0 spiro atoms. The van der Waals surface area contributed by atoms with Crippen LogP contribution in [0.5, 0.6) is 0 Å². The zero-order valence-electron chi connectivity index (χ0n) is 4.81. The third-order valence-corrected chi connectivity index (χ3v) is 1.04. The summed E-state index contributed by atoms with van der Waals surface area (Å²) in [6.45, 7) is 2.41. The maximum atomic E-state index is 10.0. The highest BCUT2D eigenvalue weighted by Gasteiger charge is 2.27. The minimum absolute atomic E-state index is 0.427. The number of hydrogen-bond acceptors (Lipinski definition) is 4. The molecule has 0 aromatic heterocycles. The van der Waals surface area contributed by atoms with Crippen molar-refractivity contribution in [2.75, 3.05) is 7.05 Å². The maximum Gasteiger partial charge on any atom is 0.305 e. The van der Waals surface area contributed by atoms with Crippen molar-refractivity contribution in [3.63, 3.8) is 0 Å². The predicted molar refractivity (Wildman–Crippen MR) is 30.3 cm³/mol. The first kappa shape index (κ1) is 6.15. The lowest BCUT2D eigenvalue weighted by Gasteiger charge is -2.06. The summed E-state index contributed by atoms with van der Waals surface area (Å²) in [7, 11) is 1.56. The van der Waals surface area contributed by atoms with E-state index in [1.807, 2.05) is 0 Å².